The Balaban J connectivity index is 3.57. The largest absolute Gasteiger partial charge is 0.489 e. The quantitative estimate of drug-likeness (QED) is 0.563. The van der Waals surface area contributed by atoms with E-state index in [1.54, 1.807) is 6.07 Å². The summed E-state index contributed by atoms with van der Waals surface area (Å²) in [5.41, 5.74) is -1.37. The third-order valence-electron chi connectivity index (χ3n) is 1.79. The third kappa shape index (κ3) is 1.88. The van der Waals surface area contributed by atoms with Gasteiger partial charge in [0.15, 0.2) is 0 Å². The Labute approximate surface area is 89.0 Å². The second kappa shape index (κ2) is 4.22. The average Bonchev–Trinajstić information content (AvgIpc) is 2.26. The summed E-state index contributed by atoms with van der Waals surface area (Å²) in [4.78, 5) is 19.4. The minimum absolute atomic E-state index is 0.247. The standard InChI is InChI=1S/C8H5N3O5/c1-16-8-5(4-9)2-6(10(12)13)3-7(8)11(14)15/h2-3H,1H3. The summed E-state index contributed by atoms with van der Waals surface area (Å²) in [6.45, 7) is 0. The Bertz CT molecular complexity index is 505. The lowest BCUT2D eigenvalue weighted by molar-refractivity contribution is -0.394. The highest BCUT2D eigenvalue weighted by atomic mass is 16.6. The van der Waals surface area contributed by atoms with Crippen LogP contribution in [0.25, 0.3) is 0 Å². The van der Waals surface area contributed by atoms with Gasteiger partial charge in [-0.05, 0) is 0 Å². The van der Waals surface area contributed by atoms with Gasteiger partial charge in [-0.1, -0.05) is 0 Å². The second-order valence-electron chi connectivity index (χ2n) is 2.67. The number of nitriles is 1. The Hall–Kier alpha value is -2.69. The smallest absolute Gasteiger partial charge is 0.319 e. The molecule has 0 unspecified atom stereocenters. The van der Waals surface area contributed by atoms with Crippen LogP contribution in [0.2, 0.25) is 0 Å². The zero-order chi connectivity index (χ0) is 12.3. The molecule has 0 heterocycles. The maximum Gasteiger partial charge on any atom is 0.319 e. The maximum absolute atomic E-state index is 10.6. The van der Waals surface area contributed by atoms with E-state index in [4.69, 9.17) is 5.26 Å². The van der Waals surface area contributed by atoms with Gasteiger partial charge in [0.25, 0.3) is 5.69 Å². The monoisotopic (exact) mass is 223 g/mol. The van der Waals surface area contributed by atoms with Crippen LogP contribution in [0.4, 0.5) is 11.4 Å². The van der Waals surface area contributed by atoms with Crippen molar-refractivity contribution in [2.24, 2.45) is 0 Å². The number of rotatable bonds is 3. The summed E-state index contributed by atoms with van der Waals surface area (Å²) in [6.07, 6.45) is 0. The number of hydrogen-bond donors (Lipinski definition) is 0. The number of hydrogen-bond acceptors (Lipinski definition) is 6. The Morgan fingerprint density at radius 1 is 1.31 bits per heavy atom. The fourth-order valence-corrected chi connectivity index (χ4v) is 1.14. The number of ether oxygens (including phenoxy) is 1. The van der Waals surface area contributed by atoms with E-state index >= 15 is 0 Å². The van der Waals surface area contributed by atoms with Crippen LogP contribution in [0.15, 0.2) is 12.1 Å². The zero-order valence-corrected chi connectivity index (χ0v) is 8.04. The normalized spacial score (nSPS) is 9.25. The lowest BCUT2D eigenvalue weighted by Gasteiger charge is -2.02. The average molecular weight is 223 g/mol. The molecule has 0 saturated carbocycles. The van der Waals surface area contributed by atoms with Gasteiger partial charge in [-0.15, -0.1) is 0 Å². The molecule has 1 aromatic carbocycles. The Morgan fingerprint density at radius 2 is 1.94 bits per heavy atom. The van der Waals surface area contributed by atoms with E-state index in [2.05, 4.69) is 4.74 Å². The van der Waals surface area contributed by atoms with E-state index in [1.807, 2.05) is 0 Å². The van der Waals surface area contributed by atoms with Crippen molar-refractivity contribution in [3.8, 4) is 11.8 Å². The van der Waals surface area contributed by atoms with Crippen molar-refractivity contribution in [1.29, 1.82) is 5.26 Å². The predicted octanol–water partition coefficient (Wildman–Crippen LogP) is 1.38. The van der Waals surface area contributed by atoms with Gasteiger partial charge in [0, 0.05) is 6.07 Å². The van der Waals surface area contributed by atoms with Gasteiger partial charge in [-0.25, -0.2) is 0 Å². The van der Waals surface area contributed by atoms with E-state index in [-0.39, 0.29) is 11.3 Å². The van der Waals surface area contributed by atoms with E-state index in [1.165, 1.54) is 0 Å². The van der Waals surface area contributed by atoms with Crippen molar-refractivity contribution in [3.63, 3.8) is 0 Å². The first-order chi connectivity index (χ1) is 7.51. The SMILES string of the molecule is COc1c(C#N)cc([N+](=O)[O-])cc1[N+](=O)[O-]. The summed E-state index contributed by atoms with van der Waals surface area (Å²) >= 11 is 0. The van der Waals surface area contributed by atoms with Crippen LogP contribution in [0.1, 0.15) is 5.56 Å². The van der Waals surface area contributed by atoms with Crippen molar-refractivity contribution >= 4 is 11.4 Å². The van der Waals surface area contributed by atoms with Gasteiger partial charge < -0.3 is 4.74 Å². The van der Waals surface area contributed by atoms with Crippen LogP contribution in [0, 0.1) is 31.6 Å². The van der Waals surface area contributed by atoms with Gasteiger partial charge in [0.2, 0.25) is 5.75 Å². The highest BCUT2D eigenvalue weighted by molar-refractivity contribution is 5.62. The van der Waals surface area contributed by atoms with Crippen LogP contribution < -0.4 is 4.74 Å². The molecule has 0 aromatic heterocycles. The van der Waals surface area contributed by atoms with E-state index in [0.717, 1.165) is 19.2 Å². The summed E-state index contributed by atoms with van der Waals surface area (Å²) < 4.78 is 4.68. The van der Waals surface area contributed by atoms with Crippen LogP contribution in [-0.2, 0) is 0 Å². The molecule has 0 atom stereocenters. The lowest BCUT2D eigenvalue weighted by Crippen LogP contribution is -1.99. The van der Waals surface area contributed by atoms with Crippen LogP contribution >= 0.6 is 0 Å². The van der Waals surface area contributed by atoms with Crippen LogP contribution in [0.3, 0.4) is 0 Å². The number of methoxy groups -OCH3 is 1. The molecule has 0 spiro atoms. The predicted molar refractivity (Wildman–Crippen MR) is 51.0 cm³/mol. The molecule has 1 rings (SSSR count). The van der Waals surface area contributed by atoms with Crippen LogP contribution in [0.5, 0.6) is 5.75 Å². The minimum atomic E-state index is -0.841. The molecular formula is C8H5N3O5. The molecule has 16 heavy (non-hydrogen) atoms. The highest BCUT2D eigenvalue weighted by Crippen LogP contribution is 2.34. The van der Waals surface area contributed by atoms with Gasteiger partial charge in [0.05, 0.1) is 23.0 Å². The molecule has 1 aromatic rings. The molecule has 0 aliphatic rings. The summed E-state index contributed by atoms with van der Waals surface area (Å²) in [5, 5.41) is 29.8. The van der Waals surface area contributed by atoms with Crippen molar-refractivity contribution in [2.45, 2.75) is 0 Å². The molecule has 0 bridgehead atoms. The summed E-state index contributed by atoms with van der Waals surface area (Å²) in [5.74, 6) is -0.280. The maximum atomic E-state index is 10.6. The molecule has 0 radical (unpaired) electrons. The second-order valence-corrected chi connectivity index (χ2v) is 2.67. The summed E-state index contributed by atoms with van der Waals surface area (Å²) in [7, 11) is 1.15. The summed E-state index contributed by atoms with van der Waals surface area (Å²) in [6, 6.07) is 3.28. The van der Waals surface area contributed by atoms with Crippen molar-refractivity contribution in [3.05, 3.63) is 37.9 Å². The third-order valence-corrected chi connectivity index (χ3v) is 1.79. The first-order valence-electron chi connectivity index (χ1n) is 3.92. The van der Waals surface area contributed by atoms with Crippen molar-refractivity contribution in [2.75, 3.05) is 7.11 Å². The Morgan fingerprint density at radius 3 is 2.31 bits per heavy atom. The minimum Gasteiger partial charge on any atom is -0.489 e. The number of nitro groups is 2. The fraction of sp³-hybridized carbons (Fsp3) is 0.125. The fourth-order valence-electron chi connectivity index (χ4n) is 1.14. The first-order valence-corrected chi connectivity index (χ1v) is 3.92. The first kappa shape index (κ1) is 11.4. The lowest BCUT2D eigenvalue weighted by atomic mass is 10.1. The van der Waals surface area contributed by atoms with Gasteiger partial charge in [0.1, 0.15) is 11.6 Å². The molecule has 0 aliphatic carbocycles. The number of nitro benzene ring substituents is 2. The number of benzene rings is 1. The zero-order valence-electron chi connectivity index (χ0n) is 8.04. The van der Waals surface area contributed by atoms with E-state index in [9.17, 15) is 20.2 Å². The highest BCUT2D eigenvalue weighted by Gasteiger charge is 2.24. The number of non-ortho nitro benzene ring substituents is 1. The van der Waals surface area contributed by atoms with Crippen LogP contribution in [-0.4, -0.2) is 17.0 Å². The number of nitrogens with zero attached hydrogens (tertiary/aromatic N) is 3. The Kier molecular flexibility index (Phi) is 3.00. The topological polar surface area (TPSA) is 119 Å². The molecule has 0 N–H and O–H groups in total. The molecule has 0 amide bonds. The molecule has 8 nitrogen and oxygen atoms in total. The van der Waals surface area contributed by atoms with Crippen molar-refractivity contribution < 1.29 is 14.6 Å². The molecular weight excluding hydrogens is 218 g/mol. The molecule has 0 fully saturated rings. The molecule has 82 valence electrons. The van der Waals surface area contributed by atoms with E-state index < -0.39 is 21.2 Å². The molecule has 8 heteroatoms. The van der Waals surface area contributed by atoms with Gasteiger partial charge >= 0.3 is 5.69 Å². The van der Waals surface area contributed by atoms with Gasteiger partial charge in [-0.3, -0.25) is 20.2 Å². The molecule has 0 aliphatic heterocycles. The molecule has 0 saturated heterocycles. The van der Waals surface area contributed by atoms with Crippen molar-refractivity contribution in [1.82, 2.24) is 0 Å². The van der Waals surface area contributed by atoms with E-state index in [0.29, 0.717) is 0 Å². The van der Waals surface area contributed by atoms with Gasteiger partial charge in [-0.2, -0.15) is 5.26 Å².